The third-order valence-corrected chi connectivity index (χ3v) is 15.9. The zero-order valence-corrected chi connectivity index (χ0v) is 26.2. The van der Waals surface area contributed by atoms with Gasteiger partial charge in [0.05, 0.1) is 0 Å². The average Bonchev–Trinajstić information content (AvgIpc) is 3.03. The third-order valence-electron chi connectivity index (χ3n) is 2.51. The lowest BCUT2D eigenvalue weighted by atomic mass is 10.4. The second-order valence-electron chi connectivity index (χ2n) is 8.36. The molecule has 1 aliphatic heterocycles. The van der Waals surface area contributed by atoms with E-state index in [-0.39, 0.29) is 0 Å². The Morgan fingerprint density at radius 2 is 1.30 bits per heavy atom. The van der Waals surface area contributed by atoms with Crippen LogP contribution in [0.5, 0.6) is 0 Å². The highest BCUT2D eigenvalue weighted by Gasteiger charge is 2.34. The molecule has 168 valence electrons. The molecule has 2 atom stereocenters. The topological polar surface area (TPSA) is 77.4 Å². The third kappa shape index (κ3) is 32.2. The Labute approximate surface area is 177 Å². The van der Waals surface area contributed by atoms with Crippen molar-refractivity contribution in [3.63, 3.8) is 0 Å². The molecule has 1 rings (SSSR count). The van der Waals surface area contributed by atoms with Gasteiger partial charge in [0.15, 0.2) is 26.1 Å². The first-order valence-electron chi connectivity index (χ1n) is 9.56. The van der Waals surface area contributed by atoms with Gasteiger partial charge >= 0.3 is 8.56 Å². The number of ether oxygens (including phenoxy) is 1. The smallest absolute Gasteiger partial charge is 0.312 e. The summed E-state index contributed by atoms with van der Waals surface area (Å²) in [7, 11) is -5.18. The molecule has 6 nitrogen and oxygen atoms in total. The summed E-state index contributed by atoms with van der Waals surface area (Å²) < 4.78 is 23.2. The quantitative estimate of drug-likeness (QED) is 0.418. The fourth-order valence-corrected chi connectivity index (χ4v) is 16.5. The minimum Gasteiger partial charge on any atom is -0.439 e. The molecule has 1 saturated heterocycles. The average molecular weight is 495 g/mol. The molecule has 0 aromatic carbocycles. The predicted molar refractivity (Wildman–Crippen MR) is 134 cm³/mol. The van der Waals surface area contributed by atoms with Crippen LogP contribution >= 0.6 is 8.13 Å². The van der Waals surface area contributed by atoms with E-state index in [4.69, 9.17) is 27.0 Å². The molecule has 2 N–H and O–H groups in total. The first-order chi connectivity index (χ1) is 12.2. The lowest BCUT2D eigenvalue weighted by Gasteiger charge is -2.34. The minimum atomic E-state index is -1.98. The zero-order valence-electron chi connectivity index (χ0n) is 19.6. The molecule has 0 aromatic rings. The Morgan fingerprint density at radius 3 is 1.52 bits per heavy atom. The van der Waals surface area contributed by atoms with E-state index in [0.717, 1.165) is 28.5 Å². The summed E-state index contributed by atoms with van der Waals surface area (Å²) in [6.07, 6.45) is 2.56. The van der Waals surface area contributed by atoms with E-state index in [1.807, 2.05) is 6.66 Å². The number of aliphatic hydroxyl groups excluding tert-OH is 1. The maximum atomic E-state index is 8.03. The van der Waals surface area contributed by atoms with Crippen LogP contribution in [0.1, 0.15) is 12.8 Å². The van der Waals surface area contributed by atoms with Crippen LogP contribution in [0, 0.1) is 0 Å². The molecule has 0 aromatic heterocycles. The van der Waals surface area contributed by atoms with E-state index in [9.17, 15) is 0 Å². The molecule has 0 spiro atoms. The van der Waals surface area contributed by atoms with E-state index >= 15 is 0 Å². The van der Waals surface area contributed by atoms with Crippen LogP contribution in [0.2, 0.25) is 58.9 Å². The largest absolute Gasteiger partial charge is 0.439 e. The van der Waals surface area contributed by atoms with Crippen LogP contribution in [0.25, 0.3) is 0 Å². The van der Waals surface area contributed by atoms with Crippen molar-refractivity contribution in [2.45, 2.75) is 71.8 Å². The van der Waals surface area contributed by atoms with Gasteiger partial charge in [0, 0.05) is 20.3 Å². The van der Waals surface area contributed by atoms with Gasteiger partial charge in [0.1, 0.15) is 0 Å². The number of hydrogen-bond acceptors (Lipinski definition) is 6. The Balaban J connectivity index is -0.000000423. The van der Waals surface area contributed by atoms with Gasteiger partial charge in [-0.25, -0.2) is 0 Å². The van der Waals surface area contributed by atoms with Gasteiger partial charge in [0.25, 0.3) is 9.28 Å². The van der Waals surface area contributed by atoms with Crippen molar-refractivity contribution in [2.24, 2.45) is 0 Å². The van der Waals surface area contributed by atoms with Crippen molar-refractivity contribution >= 4 is 52.0 Å². The first-order valence-corrected chi connectivity index (χ1v) is 25.8. The molecule has 1 fully saturated rings. The van der Waals surface area contributed by atoms with Gasteiger partial charge in [0.2, 0.25) is 0 Å². The maximum Gasteiger partial charge on any atom is 0.312 e. The maximum absolute atomic E-state index is 8.03. The standard InChI is InChI=1S/C9H28O3Si4.C4H8O.CH7OPSi.CH4O/c1-13(10-14(2,3)4)11-16(8,9)12-15(5,6)7;1-2-4-5-3-1;1-3-4-2;1-2/h13H,1-9H3;1-4H2;2-3H,4H2,1H3;2H,1H3. The molecule has 0 aliphatic carbocycles. The number of hydrogen-bond donors (Lipinski definition) is 2. The van der Waals surface area contributed by atoms with E-state index in [1.54, 1.807) is 0 Å². The zero-order chi connectivity index (χ0) is 22.1. The van der Waals surface area contributed by atoms with Gasteiger partial charge in [-0.3, -0.25) is 0 Å². The Bertz CT molecular complexity index is 313. The summed E-state index contributed by atoms with van der Waals surface area (Å²) >= 11 is 0. The molecular formula is C15H47O6PSi5. The fraction of sp³-hybridized carbons (Fsp3) is 1.00. The normalized spacial score (nSPS) is 16.3. The van der Waals surface area contributed by atoms with Gasteiger partial charge in [-0.2, -0.15) is 0 Å². The highest BCUT2D eigenvalue weighted by molar-refractivity contribution is 7.68. The van der Waals surface area contributed by atoms with Crippen molar-refractivity contribution in [2.75, 3.05) is 27.0 Å². The molecule has 27 heavy (non-hydrogen) atoms. The van der Waals surface area contributed by atoms with Gasteiger partial charge in [-0.15, -0.1) is 8.13 Å². The van der Waals surface area contributed by atoms with Crippen LogP contribution in [0.3, 0.4) is 0 Å². The monoisotopic (exact) mass is 494 g/mol. The summed E-state index contributed by atoms with van der Waals surface area (Å²) in [5.41, 5.74) is 0. The van der Waals surface area contributed by atoms with Crippen molar-refractivity contribution in [3.8, 4) is 0 Å². The van der Waals surface area contributed by atoms with Gasteiger partial charge in [-0.05, 0) is 78.4 Å². The highest BCUT2D eigenvalue weighted by atomic mass is 31.3. The SMILES string of the molecule is C1CCOC1.CO.CP[SiH2]O.C[SiH](O[Si](C)(C)C)O[Si](C)(C)O[Si](C)(C)C. The van der Waals surface area contributed by atoms with Crippen molar-refractivity contribution in [1.29, 1.82) is 0 Å². The Hall–Kier alpha value is 1.27. The van der Waals surface area contributed by atoms with Crippen LogP contribution in [0.4, 0.5) is 0 Å². The van der Waals surface area contributed by atoms with E-state index in [1.165, 1.54) is 12.8 Å². The summed E-state index contributed by atoms with van der Waals surface area (Å²) in [6, 6.07) is 0. The first kappa shape index (κ1) is 32.9. The Kier molecular flexibility index (Phi) is 22.0. The molecule has 1 heterocycles. The summed E-state index contributed by atoms with van der Waals surface area (Å²) in [4.78, 5) is 8.03. The van der Waals surface area contributed by atoms with Gasteiger partial charge < -0.3 is 27.0 Å². The van der Waals surface area contributed by atoms with Crippen LogP contribution in [0.15, 0.2) is 0 Å². The summed E-state index contributed by atoms with van der Waals surface area (Å²) in [5, 5.41) is 7.00. The van der Waals surface area contributed by atoms with Gasteiger partial charge in [-0.1, -0.05) is 0 Å². The fourth-order valence-electron chi connectivity index (χ4n) is 2.19. The van der Waals surface area contributed by atoms with Crippen molar-refractivity contribution in [3.05, 3.63) is 0 Å². The molecule has 0 saturated carbocycles. The second kappa shape index (κ2) is 18.1. The number of rotatable bonds is 7. The molecule has 0 amide bonds. The Morgan fingerprint density at radius 1 is 0.889 bits per heavy atom. The molecule has 12 heteroatoms. The lowest BCUT2D eigenvalue weighted by molar-refractivity contribution is 0.198. The van der Waals surface area contributed by atoms with E-state index < -0.39 is 43.9 Å². The predicted octanol–water partition coefficient (Wildman–Crippen LogP) is 2.95. The van der Waals surface area contributed by atoms with Crippen LogP contribution in [-0.2, 0) is 17.1 Å². The highest BCUT2D eigenvalue weighted by Crippen LogP contribution is 2.17. The van der Waals surface area contributed by atoms with Crippen LogP contribution in [-0.4, -0.2) is 80.8 Å². The van der Waals surface area contributed by atoms with Crippen LogP contribution < -0.4 is 0 Å². The molecule has 1 aliphatic rings. The van der Waals surface area contributed by atoms with Crippen molar-refractivity contribution in [1.82, 2.24) is 0 Å². The van der Waals surface area contributed by atoms with E-state index in [2.05, 4.69) is 58.9 Å². The lowest BCUT2D eigenvalue weighted by Crippen LogP contribution is -2.49. The molecule has 2 unspecified atom stereocenters. The summed E-state index contributed by atoms with van der Waals surface area (Å²) in [6.45, 7) is 23.6. The molecule has 0 radical (unpaired) electrons. The van der Waals surface area contributed by atoms with E-state index in [0.29, 0.717) is 0 Å². The molecular weight excluding hydrogens is 448 g/mol. The summed E-state index contributed by atoms with van der Waals surface area (Å²) in [5.74, 6) is 0. The minimum absolute atomic E-state index is 0.548. The second-order valence-corrected chi connectivity index (χ2v) is 27.5. The van der Waals surface area contributed by atoms with Crippen molar-refractivity contribution < 1.29 is 27.0 Å². The number of aliphatic hydroxyl groups is 1. The molecule has 0 bridgehead atoms.